The fourth-order valence-corrected chi connectivity index (χ4v) is 2.21. The van der Waals surface area contributed by atoms with Crippen LogP contribution in [0, 0.1) is 11.3 Å². The van der Waals surface area contributed by atoms with E-state index in [9.17, 15) is 5.11 Å². The first-order valence-corrected chi connectivity index (χ1v) is 6.73. The molecule has 0 aliphatic carbocycles. The molecule has 0 heterocycles. The predicted molar refractivity (Wildman–Crippen MR) is 81.1 cm³/mol. The SMILES string of the molecule is N#Cc1ccc(C(O)CNc2ccc(Cl)cc2Cl)cc1. The Morgan fingerprint density at radius 1 is 1.15 bits per heavy atom. The molecular weight excluding hydrogens is 295 g/mol. The van der Waals surface area contributed by atoms with Gasteiger partial charge in [0.1, 0.15) is 0 Å². The minimum atomic E-state index is -0.686. The van der Waals surface area contributed by atoms with Gasteiger partial charge in [-0.1, -0.05) is 35.3 Å². The van der Waals surface area contributed by atoms with Crippen LogP contribution in [0.25, 0.3) is 0 Å². The Labute approximate surface area is 127 Å². The van der Waals surface area contributed by atoms with Crippen LogP contribution in [0.2, 0.25) is 10.0 Å². The predicted octanol–water partition coefficient (Wildman–Crippen LogP) is 4.01. The summed E-state index contributed by atoms with van der Waals surface area (Å²) in [5.74, 6) is 0. The van der Waals surface area contributed by atoms with Gasteiger partial charge >= 0.3 is 0 Å². The van der Waals surface area contributed by atoms with Crippen molar-refractivity contribution in [2.75, 3.05) is 11.9 Å². The molecule has 0 fully saturated rings. The highest BCUT2D eigenvalue weighted by molar-refractivity contribution is 6.36. The molecule has 0 aliphatic rings. The smallest absolute Gasteiger partial charge is 0.0991 e. The maximum Gasteiger partial charge on any atom is 0.0991 e. The molecule has 20 heavy (non-hydrogen) atoms. The summed E-state index contributed by atoms with van der Waals surface area (Å²) >= 11 is 11.9. The standard InChI is InChI=1S/C15H12Cl2N2O/c16-12-5-6-14(13(17)7-12)19-9-15(20)11-3-1-10(8-18)2-4-11/h1-7,15,19-20H,9H2. The van der Waals surface area contributed by atoms with Crippen molar-refractivity contribution in [3.63, 3.8) is 0 Å². The highest BCUT2D eigenvalue weighted by atomic mass is 35.5. The van der Waals surface area contributed by atoms with E-state index in [1.807, 2.05) is 6.07 Å². The van der Waals surface area contributed by atoms with Crippen LogP contribution in [-0.2, 0) is 0 Å². The molecular formula is C15H12Cl2N2O. The third-order valence-corrected chi connectivity index (χ3v) is 3.39. The van der Waals surface area contributed by atoms with Gasteiger partial charge in [0.25, 0.3) is 0 Å². The van der Waals surface area contributed by atoms with Gasteiger partial charge in [-0.15, -0.1) is 0 Å². The molecule has 3 nitrogen and oxygen atoms in total. The van der Waals surface area contributed by atoms with Crippen molar-refractivity contribution < 1.29 is 5.11 Å². The zero-order valence-corrected chi connectivity index (χ0v) is 12.0. The molecule has 2 aromatic rings. The topological polar surface area (TPSA) is 56.0 Å². The van der Waals surface area contributed by atoms with Gasteiger partial charge in [0, 0.05) is 11.6 Å². The third kappa shape index (κ3) is 3.64. The van der Waals surface area contributed by atoms with Crippen molar-refractivity contribution >= 4 is 28.9 Å². The van der Waals surface area contributed by atoms with Crippen molar-refractivity contribution in [3.05, 3.63) is 63.6 Å². The summed E-state index contributed by atoms with van der Waals surface area (Å²) in [6.07, 6.45) is -0.686. The number of aliphatic hydroxyl groups excluding tert-OH is 1. The summed E-state index contributed by atoms with van der Waals surface area (Å²) in [5.41, 5.74) is 2.01. The largest absolute Gasteiger partial charge is 0.387 e. The van der Waals surface area contributed by atoms with E-state index in [-0.39, 0.29) is 0 Å². The average molecular weight is 307 g/mol. The summed E-state index contributed by atoms with van der Waals surface area (Å²) in [6, 6.07) is 14.0. The van der Waals surface area contributed by atoms with Crippen molar-refractivity contribution in [2.45, 2.75) is 6.10 Å². The monoisotopic (exact) mass is 306 g/mol. The summed E-state index contributed by atoms with van der Waals surface area (Å²) in [5, 5.41) is 22.9. The van der Waals surface area contributed by atoms with Crippen LogP contribution >= 0.6 is 23.2 Å². The molecule has 102 valence electrons. The maximum absolute atomic E-state index is 10.1. The molecule has 0 saturated heterocycles. The first kappa shape index (κ1) is 14.7. The lowest BCUT2D eigenvalue weighted by Crippen LogP contribution is -2.12. The number of aliphatic hydroxyl groups is 1. The van der Waals surface area contributed by atoms with E-state index in [4.69, 9.17) is 28.5 Å². The van der Waals surface area contributed by atoms with Crippen LogP contribution in [0.5, 0.6) is 0 Å². The molecule has 0 saturated carbocycles. The van der Waals surface area contributed by atoms with Gasteiger partial charge in [-0.25, -0.2) is 0 Å². The maximum atomic E-state index is 10.1. The van der Waals surface area contributed by atoms with Crippen LogP contribution in [0.15, 0.2) is 42.5 Å². The number of nitrogens with one attached hydrogen (secondary N) is 1. The second kappa shape index (κ2) is 6.62. The number of halogens is 2. The van der Waals surface area contributed by atoms with E-state index < -0.39 is 6.10 Å². The number of anilines is 1. The summed E-state index contributed by atoms with van der Waals surface area (Å²) < 4.78 is 0. The second-order valence-electron chi connectivity index (χ2n) is 4.25. The number of hydrogen-bond acceptors (Lipinski definition) is 3. The normalized spacial score (nSPS) is 11.7. The molecule has 0 radical (unpaired) electrons. The van der Waals surface area contributed by atoms with Gasteiger partial charge in [0.2, 0.25) is 0 Å². The van der Waals surface area contributed by atoms with Crippen LogP contribution in [0.3, 0.4) is 0 Å². The van der Waals surface area contributed by atoms with E-state index >= 15 is 0 Å². The van der Waals surface area contributed by atoms with E-state index in [0.717, 1.165) is 5.56 Å². The highest BCUT2D eigenvalue weighted by Crippen LogP contribution is 2.26. The molecule has 2 N–H and O–H groups in total. The molecule has 0 aromatic heterocycles. The van der Waals surface area contributed by atoms with Gasteiger partial charge in [0.15, 0.2) is 0 Å². The molecule has 0 aliphatic heterocycles. The number of hydrogen-bond donors (Lipinski definition) is 2. The highest BCUT2D eigenvalue weighted by Gasteiger charge is 2.08. The fourth-order valence-electron chi connectivity index (χ4n) is 1.74. The van der Waals surface area contributed by atoms with Gasteiger partial charge < -0.3 is 10.4 Å². The fraction of sp³-hybridized carbons (Fsp3) is 0.133. The number of nitriles is 1. The Balaban J connectivity index is 2.00. The molecule has 2 aromatic carbocycles. The number of benzene rings is 2. The van der Waals surface area contributed by atoms with Gasteiger partial charge in [-0.3, -0.25) is 0 Å². The average Bonchev–Trinajstić information content (AvgIpc) is 2.46. The Morgan fingerprint density at radius 2 is 1.85 bits per heavy atom. The van der Waals surface area contributed by atoms with E-state index in [1.54, 1.807) is 42.5 Å². The molecule has 0 spiro atoms. The first-order chi connectivity index (χ1) is 9.60. The minimum Gasteiger partial charge on any atom is -0.387 e. The van der Waals surface area contributed by atoms with Gasteiger partial charge in [-0.05, 0) is 35.9 Å². The first-order valence-electron chi connectivity index (χ1n) is 5.97. The summed E-state index contributed by atoms with van der Waals surface area (Å²) in [6.45, 7) is 0.313. The second-order valence-corrected chi connectivity index (χ2v) is 5.10. The van der Waals surface area contributed by atoms with Crippen molar-refractivity contribution in [1.29, 1.82) is 5.26 Å². The van der Waals surface area contributed by atoms with Crippen molar-refractivity contribution in [1.82, 2.24) is 0 Å². The molecule has 5 heteroatoms. The summed E-state index contributed by atoms with van der Waals surface area (Å²) in [7, 11) is 0. The molecule has 0 amide bonds. The third-order valence-electron chi connectivity index (χ3n) is 2.84. The van der Waals surface area contributed by atoms with E-state index in [2.05, 4.69) is 5.32 Å². The zero-order valence-electron chi connectivity index (χ0n) is 10.5. The Kier molecular flexibility index (Phi) is 4.86. The molecule has 0 bridgehead atoms. The van der Waals surface area contributed by atoms with Crippen molar-refractivity contribution in [3.8, 4) is 6.07 Å². The van der Waals surface area contributed by atoms with E-state index in [1.165, 1.54) is 0 Å². The van der Waals surface area contributed by atoms with Crippen LogP contribution in [0.4, 0.5) is 5.69 Å². The van der Waals surface area contributed by atoms with Gasteiger partial charge in [0.05, 0.1) is 28.4 Å². The van der Waals surface area contributed by atoms with Crippen LogP contribution in [0.1, 0.15) is 17.2 Å². The molecule has 2 rings (SSSR count). The van der Waals surface area contributed by atoms with Gasteiger partial charge in [-0.2, -0.15) is 5.26 Å². The summed E-state index contributed by atoms with van der Waals surface area (Å²) in [4.78, 5) is 0. The lowest BCUT2D eigenvalue weighted by atomic mass is 10.1. The lowest BCUT2D eigenvalue weighted by Gasteiger charge is -2.14. The molecule has 1 atom stereocenters. The van der Waals surface area contributed by atoms with Crippen LogP contribution < -0.4 is 5.32 Å². The zero-order chi connectivity index (χ0) is 14.5. The quantitative estimate of drug-likeness (QED) is 0.897. The van der Waals surface area contributed by atoms with E-state index in [0.29, 0.717) is 27.8 Å². The van der Waals surface area contributed by atoms with Crippen LogP contribution in [-0.4, -0.2) is 11.7 Å². The Morgan fingerprint density at radius 3 is 2.45 bits per heavy atom. The Hall–Kier alpha value is -1.73. The number of nitrogens with zero attached hydrogens (tertiary/aromatic N) is 1. The molecule has 1 unspecified atom stereocenters. The number of rotatable bonds is 4. The minimum absolute atomic E-state index is 0.313. The lowest BCUT2D eigenvalue weighted by molar-refractivity contribution is 0.191. The Bertz CT molecular complexity index is 635. The van der Waals surface area contributed by atoms with Crippen molar-refractivity contribution in [2.24, 2.45) is 0 Å².